The molecule has 0 bridgehead atoms. The molecule has 1 aliphatic carbocycles. The van der Waals surface area contributed by atoms with Gasteiger partial charge in [0.2, 0.25) is 0 Å². The van der Waals surface area contributed by atoms with E-state index in [1.54, 1.807) is 0 Å². The van der Waals surface area contributed by atoms with Gasteiger partial charge in [-0.25, -0.2) is 0 Å². The molecule has 0 saturated heterocycles. The number of rotatable bonds is 14. The van der Waals surface area contributed by atoms with Crippen LogP contribution in [0.1, 0.15) is 28.2 Å². The van der Waals surface area contributed by atoms with E-state index in [1.165, 1.54) is 44.5 Å². The second kappa shape index (κ2) is 21.2. The predicted octanol–water partition coefficient (Wildman–Crippen LogP) is 20.7. The van der Waals surface area contributed by atoms with Crippen molar-refractivity contribution in [1.82, 2.24) is 0 Å². The van der Waals surface area contributed by atoms with E-state index in [-0.39, 0.29) is 5.92 Å². The summed E-state index contributed by atoms with van der Waals surface area (Å²) in [5.74, 6) is -0.191. The van der Waals surface area contributed by atoms with Gasteiger partial charge in [0, 0.05) is 74.2 Å². The zero-order chi connectivity index (χ0) is 52.2. The van der Waals surface area contributed by atoms with Crippen molar-refractivity contribution in [2.24, 2.45) is 0 Å². The summed E-state index contributed by atoms with van der Waals surface area (Å²) in [5.41, 5.74) is 22.8. The molecular formula is C74H56N4. The maximum absolute atomic E-state index is 2.48. The molecule has 0 fully saturated rings. The van der Waals surface area contributed by atoms with E-state index in [0.29, 0.717) is 0 Å². The molecular weight excluding hydrogens is 945 g/mol. The highest BCUT2D eigenvalue weighted by molar-refractivity contribution is 5.92. The van der Waals surface area contributed by atoms with Crippen molar-refractivity contribution in [3.8, 4) is 22.3 Å². The summed E-state index contributed by atoms with van der Waals surface area (Å²) in [6.07, 6.45) is 0. The van der Waals surface area contributed by atoms with Crippen molar-refractivity contribution in [3.63, 3.8) is 0 Å². The SMILES string of the molecule is Cc1cc(N(c2ccccc2)c2ccccc2)ccc1-c1ccc(N(c2ccccc2)c2ccccc2)cc1C1c2cc(N(c3ccccc3)c3ccccc3)ccc2-c2ccc(N(c3ccccc3)c3ccccc3)cc21. The van der Waals surface area contributed by atoms with Crippen LogP contribution in [0.3, 0.4) is 0 Å². The normalized spacial score (nSPS) is 11.6. The molecule has 0 aromatic heterocycles. The maximum atomic E-state index is 2.48. The Morgan fingerprint density at radius 3 is 0.603 bits per heavy atom. The number of aryl methyl sites for hydroxylation is 1. The molecule has 0 amide bonds. The van der Waals surface area contributed by atoms with Crippen molar-refractivity contribution in [1.29, 1.82) is 0 Å². The third-order valence-electron chi connectivity index (χ3n) is 15.0. The third kappa shape index (κ3) is 9.16. The molecule has 0 aliphatic heterocycles. The van der Waals surface area contributed by atoms with Crippen molar-refractivity contribution in [2.75, 3.05) is 19.6 Å². The fourth-order valence-corrected chi connectivity index (χ4v) is 11.5. The first-order valence-corrected chi connectivity index (χ1v) is 26.8. The Bertz CT molecular complexity index is 3680. The molecule has 0 spiro atoms. The fraction of sp³-hybridized carbons (Fsp3) is 0.0270. The quantitative estimate of drug-likeness (QED) is 0.108. The largest absolute Gasteiger partial charge is 0.310 e. The lowest BCUT2D eigenvalue weighted by Gasteiger charge is -2.30. The van der Waals surface area contributed by atoms with Gasteiger partial charge in [0.15, 0.2) is 0 Å². The van der Waals surface area contributed by atoms with Crippen LogP contribution < -0.4 is 19.6 Å². The standard InChI is InChI=1S/C74H56N4/c1-54-50-63(75(55-26-10-2-11-27-55)56-28-12-3-13-29-56)42-46-67(54)68-47-43-64(76(57-30-14-4-15-31-57)58-32-16-5-17-33-58)51-71(68)74-72-52-65(77(59-34-18-6-19-35-59)60-36-20-7-21-37-60)44-48-69(72)70-49-45-66(53-73(70)74)78(61-38-22-8-23-39-61)62-40-24-9-25-41-62/h2-53,74H,1H3. The summed E-state index contributed by atoms with van der Waals surface area (Å²) in [6.45, 7) is 2.27. The van der Waals surface area contributed by atoms with Crippen molar-refractivity contribution in [2.45, 2.75) is 12.8 Å². The van der Waals surface area contributed by atoms with E-state index >= 15 is 0 Å². The van der Waals surface area contributed by atoms with Gasteiger partial charge in [0.1, 0.15) is 0 Å². The highest BCUT2D eigenvalue weighted by atomic mass is 15.2. The Balaban J connectivity index is 1.07. The van der Waals surface area contributed by atoms with Crippen LogP contribution in [0.5, 0.6) is 0 Å². The van der Waals surface area contributed by atoms with Crippen LogP contribution in [0.25, 0.3) is 22.3 Å². The zero-order valence-electron chi connectivity index (χ0n) is 43.4. The van der Waals surface area contributed by atoms with E-state index in [1.807, 2.05) is 0 Å². The van der Waals surface area contributed by atoms with Gasteiger partial charge in [-0.05, 0) is 197 Å². The predicted molar refractivity (Wildman–Crippen MR) is 328 cm³/mol. The lowest BCUT2D eigenvalue weighted by atomic mass is 9.82. The third-order valence-corrected chi connectivity index (χ3v) is 15.0. The van der Waals surface area contributed by atoms with Gasteiger partial charge in [0.05, 0.1) is 0 Å². The van der Waals surface area contributed by atoms with E-state index in [2.05, 4.69) is 342 Å². The van der Waals surface area contributed by atoms with Gasteiger partial charge >= 0.3 is 0 Å². The van der Waals surface area contributed by atoms with E-state index in [0.717, 1.165) is 68.2 Å². The molecule has 372 valence electrons. The Morgan fingerprint density at radius 1 is 0.192 bits per heavy atom. The average molecular weight is 1000 g/mol. The van der Waals surface area contributed by atoms with Gasteiger partial charge in [-0.1, -0.05) is 170 Å². The van der Waals surface area contributed by atoms with Crippen LogP contribution >= 0.6 is 0 Å². The van der Waals surface area contributed by atoms with E-state index < -0.39 is 0 Å². The molecule has 4 heteroatoms. The number of para-hydroxylation sites is 8. The number of fused-ring (bicyclic) bond motifs is 3. The monoisotopic (exact) mass is 1000 g/mol. The van der Waals surface area contributed by atoms with Crippen LogP contribution in [0, 0.1) is 6.92 Å². The van der Waals surface area contributed by atoms with E-state index in [4.69, 9.17) is 0 Å². The van der Waals surface area contributed by atoms with Crippen LogP contribution in [-0.2, 0) is 0 Å². The van der Waals surface area contributed by atoms with Gasteiger partial charge < -0.3 is 19.6 Å². The number of nitrogens with zero attached hydrogens (tertiary/aromatic N) is 4. The molecule has 12 aromatic carbocycles. The summed E-state index contributed by atoms with van der Waals surface area (Å²) in [5, 5.41) is 0. The highest BCUT2D eigenvalue weighted by Crippen LogP contribution is 2.55. The first-order valence-electron chi connectivity index (χ1n) is 26.8. The molecule has 1 aliphatic rings. The maximum Gasteiger partial charge on any atom is 0.0465 e. The van der Waals surface area contributed by atoms with Crippen LogP contribution in [0.2, 0.25) is 0 Å². The molecule has 0 N–H and O–H groups in total. The van der Waals surface area contributed by atoms with Gasteiger partial charge in [0.25, 0.3) is 0 Å². The summed E-state index contributed by atoms with van der Waals surface area (Å²) >= 11 is 0. The molecule has 13 rings (SSSR count). The summed E-state index contributed by atoms with van der Waals surface area (Å²) < 4.78 is 0. The summed E-state index contributed by atoms with van der Waals surface area (Å²) in [4.78, 5) is 9.51. The Morgan fingerprint density at radius 2 is 0.385 bits per heavy atom. The molecule has 12 aromatic rings. The van der Waals surface area contributed by atoms with Gasteiger partial charge in [-0.2, -0.15) is 0 Å². The number of hydrogen-bond donors (Lipinski definition) is 0. The van der Waals surface area contributed by atoms with Gasteiger partial charge in [-0.3, -0.25) is 0 Å². The number of benzene rings is 12. The Kier molecular flexibility index (Phi) is 12.9. The van der Waals surface area contributed by atoms with Gasteiger partial charge in [-0.15, -0.1) is 0 Å². The number of anilines is 12. The second-order valence-electron chi connectivity index (χ2n) is 19.8. The summed E-state index contributed by atoms with van der Waals surface area (Å²) in [6, 6.07) is 114. The molecule has 0 saturated carbocycles. The lowest BCUT2D eigenvalue weighted by molar-refractivity contribution is 1.01. The second-order valence-corrected chi connectivity index (χ2v) is 19.8. The first kappa shape index (κ1) is 47.5. The molecule has 78 heavy (non-hydrogen) atoms. The smallest absolute Gasteiger partial charge is 0.0465 e. The fourth-order valence-electron chi connectivity index (χ4n) is 11.5. The Labute approximate surface area is 458 Å². The highest BCUT2D eigenvalue weighted by Gasteiger charge is 2.35. The van der Waals surface area contributed by atoms with Crippen LogP contribution in [0.15, 0.2) is 315 Å². The van der Waals surface area contributed by atoms with Crippen LogP contribution in [-0.4, -0.2) is 0 Å². The summed E-state index contributed by atoms with van der Waals surface area (Å²) in [7, 11) is 0. The van der Waals surface area contributed by atoms with Crippen molar-refractivity contribution >= 4 is 68.2 Å². The minimum Gasteiger partial charge on any atom is -0.310 e. The minimum atomic E-state index is -0.191. The zero-order valence-corrected chi connectivity index (χ0v) is 43.4. The topological polar surface area (TPSA) is 13.0 Å². The molecule has 0 atom stereocenters. The first-order chi connectivity index (χ1) is 38.6. The average Bonchev–Trinajstić information content (AvgIpc) is 3.96. The van der Waals surface area contributed by atoms with Crippen molar-refractivity contribution in [3.05, 3.63) is 338 Å². The molecule has 0 radical (unpaired) electrons. The van der Waals surface area contributed by atoms with Crippen LogP contribution in [0.4, 0.5) is 68.2 Å². The lowest BCUT2D eigenvalue weighted by Crippen LogP contribution is -2.13. The van der Waals surface area contributed by atoms with Crippen molar-refractivity contribution < 1.29 is 0 Å². The molecule has 0 heterocycles. The minimum absolute atomic E-state index is 0.191. The van der Waals surface area contributed by atoms with E-state index in [9.17, 15) is 0 Å². The number of hydrogen-bond acceptors (Lipinski definition) is 4. The Hall–Kier alpha value is -10.2. The molecule has 0 unspecified atom stereocenters. The molecule has 4 nitrogen and oxygen atoms in total.